The monoisotopic (exact) mass is 337 g/mol. The van der Waals surface area contributed by atoms with E-state index in [1.165, 1.54) is 34.2 Å². The van der Waals surface area contributed by atoms with Crippen molar-refractivity contribution in [2.45, 2.75) is 31.7 Å². The van der Waals surface area contributed by atoms with Gasteiger partial charge in [-0.1, -0.05) is 40.2 Å². The van der Waals surface area contributed by atoms with Gasteiger partial charge in [0, 0.05) is 15.4 Å². The Labute approximate surface area is 128 Å². The quantitative estimate of drug-likeness (QED) is 0.774. The summed E-state index contributed by atoms with van der Waals surface area (Å²) in [6.07, 6.45) is 4.75. The van der Waals surface area contributed by atoms with E-state index in [1.807, 2.05) is 11.3 Å². The van der Waals surface area contributed by atoms with Crippen LogP contribution in [0.15, 0.2) is 46.3 Å². The van der Waals surface area contributed by atoms with Gasteiger partial charge in [-0.25, -0.2) is 0 Å². The lowest BCUT2D eigenvalue weighted by atomic mass is 10.0. The second-order valence-electron chi connectivity index (χ2n) is 4.75. The van der Waals surface area contributed by atoms with Gasteiger partial charge in [0.15, 0.2) is 0 Å². The molecule has 19 heavy (non-hydrogen) atoms. The van der Waals surface area contributed by atoms with Crippen molar-refractivity contribution in [1.29, 1.82) is 0 Å². The molecule has 1 aromatic carbocycles. The maximum atomic E-state index is 3.63. The SMILES string of the molecule is CNC(CCCc1cccs1)Cc1ccccc1Br. The highest BCUT2D eigenvalue weighted by Gasteiger charge is 2.09. The van der Waals surface area contributed by atoms with Crippen molar-refractivity contribution in [2.24, 2.45) is 0 Å². The van der Waals surface area contributed by atoms with Gasteiger partial charge in [-0.05, 0) is 55.8 Å². The van der Waals surface area contributed by atoms with Crippen molar-refractivity contribution < 1.29 is 0 Å². The number of hydrogen-bond acceptors (Lipinski definition) is 2. The number of thiophene rings is 1. The van der Waals surface area contributed by atoms with Crippen molar-refractivity contribution in [3.63, 3.8) is 0 Å². The summed E-state index contributed by atoms with van der Waals surface area (Å²) >= 11 is 5.49. The normalized spacial score (nSPS) is 12.5. The second-order valence-corrected chi connectivity index (χ2v) is 6.64. The Bertz CT molecular complexity index is 481. The fraction of sp³-hybridized carbons (Fsp3) is 0.375. The average molecular weight is 338 g/mol. The Balaban J connectivity index is 1.82. The summed E-state index contributed by atoms with van der Waals surface area (Å²) in [4.78, 5) is 1.50. The summed E-state index contributed by atoms with van der Waals surface area (Å²) in [6, 6.07) is 13.4. The van der Waals surface area contributed by atoms with Crippen LogP contribution in [0.2, 0.25) is 0 Å². The predicted octanol–water partition coefficient (Wildman–Crippen LogP) is 4.66. The highest BCUT2D eigenvalue weighted by atomic mass is 79.9. The first-order valence-electron chi connectivity index (χ1n) is 6.72. The molecule has 1 unspecified atom stereocenters. The van der Waals surface area contributed by atoms with E-state index < -0.39 is 0 Å². The fourth-order valence-electron chi connectivity index (χ4n) is 2.26. The molecule has 0 aliphatic heterocycles. The number of aryl methyl sites for hydroxylation is 1. The number of rotatable bonds is 7. The topological polar surface area (TPSA) is 12.0 Å². The number of nitrogens with one attached hydrogen (secondary N) is 1. The molecule has 3 heteroatoms. The number of hydrogen-bond donors (Lipinski definition) is 1. The molecular formula is C16H20BrNS. The summed E-state index contributed by atoms with van der Waals surface area (Å²) < 4.78 is 1.22. The van der Waals surface area contributed by atoms with Gasteiger partial charge in [0.1, 0.15) is 0 Å². The van der Waals surface area contributed by atoms with E-state index in [0.29, 0.717) is 6.04 Å². The fourth-order valence-corrected chi connectivity index (χ4v) is 3.45. The summed E-state index contributed by atoms with van der Waals surface area (Å²) in [5.74, 6) is 0. The summed E-state index contributed by atoms with van der Waals surface area (Å²) in [5.41, 5.74) is 1.39. The molecule has 1 aromatic heterocycles. The molecule has 2 aromatic rings. The van der Waals surface area contributed by atoms with Crippen LogP contribution in [-0.4, -0.2) is 13.1 Å². The second kappa shape index (κ2) is 7.83. The van der Waals surface area contributed by atoms with Crippen LogP contribution in [0, 0.1) is 0 Å². The molecule has 0 spiro atoms. The van der Waals surface area contributed by atoms with E-state index in [2.05, 4.69) is 70.1 Å². The van der Waals surface area contributed by atoms with Crippen LogP contribution in [0.1, 0.15) is 23.3 Å². The molecule has 0 radical (unpaired) electrons. The molecule has 0 saturated carbocycles. The van der Waals surface area contributed by atoms with Crippen LogP contribution >= 0.6 is 27.3 Å². The summed E-state index contributed by atoms with van der Waals surface area (Å²) in [5, 5.41) is 5.60. The highest BCUT2D eigenvalue weighted by Crippen LogP contribution is 2.19. The molecule has 102 valence electrons. The molecule has 0 saturated heterocycles. The van der Waals surface area contributed by atoms with Gasteiger partial charge >= 0.3 is 0 Å². The first-order valence-corrected chi connectivity index (χ1v) is 8.40. The third-order valence-electron chi connectivity index (χ3n) is 3.39. The number of benzene rings is 1. The van der Waals surface area contributed by atoms with E-state index in [0.717, 1.165) is 6.42 Å². The van der Waals surface area contributed by atoms with Gasteiger partial charge in [-0.2, -0.15) is 0 Å². The zero-order valence-electron chi connectivity index (χ0n) is 11.2. The molecule has 1 atom stereocenters. The van der Waals surface area contributed by atoms with E-state index >= 15 is 0 Å². The zero-order valence-corrected chi connectivity index (χ0v) is 13.6. The van der Waals surface area contributed by atoms with Gasteiger partial charge < -0.3 is 5.32 Å². The molecule has 1 heterocycles. The third-order valence-corrected chi connectivity index (χ3v) is 5.10. The van der Waals surface area contributed by atoms with Gasteiger partial charge in [-0.15, -0.1) is 11.3 Å². The average Bonchev–Trinajstić information content (AvgIpc) is 2.93. The molecule has 1 nitrogen and oxygen atoms in total. The first-order chi connectivity index (χ1) is 9.29. The van der Waals surface area contributed by atoms with Crippen molar-refractivity contribution in [1.82, 2.24) is 5.32 Å². The maximum absolute atomic E-state index is 3.63. The molecule has 0 aliphatic carbocycles. The van der Waals surface area contributed by atoms with Crippen LogP contribution in [-0.2, 0) is 12.8 Å². The first kappa shape index (κ1) is 14.8. The van der Waals surface area contributed by atoms with E-state index in [1.54, 1.807) is 0 Å². The van der Waals surface area contributed by atoms with Crippen molar-refractivity contribution in [2.75, 3.05) is 7.05 Å². The summed E-state index contributed by atoms with van der Waals surface area (Å²) in [6.45, 7) is 0. The molecular weight excluding hydrogens is 318 g/mol. The lowest BCUT2D eigenvalue weighted by molar-refractivity contribution is 0.502. The molecule has 0 amide bonds. The number of likely N-dealkylation sites (N-methyl/N-ethyl adjacent to an activating group) is 1. The van der Waals surface area contributed by atoms with Crippen LogP contribution in [0.5, 0.6) is 0 Å². The van der Waals surface area contributed by atoms with E-state index in [4.69, 9.17) is 0 Å². The highest BCUT2D eigenvalue weighted by molar-refractivity contribution is 9.10. The minimum atomic E-state index is 0.554. The minimum Gasteiger partial charge on any atom is -0.317 e. The Morgan fingerprint density at radius 1 is 1.21 bits per heavy atom. The van der Waals surface area contributed by atoms with E-state index in [9.17, 15) is 0 Å². The van der Waals surface area contributed by atoms with Crippen LogP contribution in [0.25, 0.3) is 0 Å². The maximum Gasteiger partial charge on any atom is 0.0207 e. The molecule has 1 N–H and O–H groups in total. The molecule has 2 rings (SSSR count). The largest absolute Gasteiger partial charge is 0.317 e. The van der Waals surface area contributed by atoms with Gasteiger partial charge in [0.25, 0.3) is 0 Å². The Kier molecular flexibility index (Phi) is 6.08. The predicted molar refractivity (Wildman–Crippen MR) is 88.0 cm³/mol. The zero-order chi connectivity index (χ0) is 13.5. The number of halogens is 1. The lowest BCUT2D eigenvalue weighted by Gasteiger charge is -2.16. The van der Waals surface area contributed by atoms with Gasteiger partial charge in [0.05, 0.1) is 0 Å². The van der Waals surface area contributed by atoms with Gasteiger partial charge in [-0.3, -0.25) is 0 Å². The lowest BCUT2D eigenvalue weighted by Crippen LogP contribution is -2.27. The molecule has 0 bridgehead atoms. The molecule has 0 fully saturated rings. The Morgan fingerprint density at radius 2 is 2.05 bits per heavy atom. The van der Waals surface area contributed by atoms with Crippen molar-refractivity contribution in [3.05, 3.63) is 56.7 Å². The standard InChI is InChI=1S/C16H20BrNS/c1-18-14(7-4-8-15-9-5-11-19-15)12-13-6-2-3-10-16(13)17/h2-3,5-6,9-11,14,18H,4,7-8,12H2,1H3. The Morgan fingerprint density at radius 3 is 2.74 bits per heavy atom. The van der Waals surface area contributed by atoms with Crippen LogP contribution < -0.4 is 5.32 Å². The minimum absolute atomic E-state index is 0.554. The Hall–Kier alpha value is -0.640. The molecule has 0 aliphatic rings. The van der Waals surface area contributed by atoms with Crippen molar-refractivity contribution >= 4 is 27.3 Å². The van der Waals surface area contributed by atoms with Crippen LogP contribution in [0.3, 0.4) is 0 Å². The smallest absolute Gasteiger partial charge is 0.0207 e. The summed E-state index contributed by atoms with van der Waals surface area (Å²) in [7, 11) is 2.06. The van der Waals surface area contributed by atoms with Crippen LogP contribution in [0.4, 0.5) is 0 Å². The van der Waals surface area contributed by atoms with Gasteiger partial charge in [0.2, 0.25) is 0 Å². The third kappa shape index (κ3) is 4.75. The van der Waals surface area contributed by atoms with Crippen molar-refractivity contribution in [3.8, 4) is 0 Å². The van der Waals surface area contributed by atoms with E-state index in [-0.39, 0.29) is 0 Å².